The highest BCUT2D eigenvalue weighted by molar-refractivity contribution is 7.76. The number of hydrogen-bond donors (Lipinski definition) is 0. The van der Waals surface area contributed by atoms with Crippen molar-refractivity contribution in [3.63, 3.8) is 0 Å². The third kappa shape index (κ3) is 3.52. The van der Waals surface area contributed by atoms with Crippen LogP contribution in [0.25, 0.3) is 0 Å². The lowest BCUT2D eigenvalue weighted by atomic mass is 9.89. The smallest absolute Gasteiger partial charge is 0.0697 e. The minimum Gasteiger partial charge on any atom is -0.378 e. The van der Waals surface area contributed by atoms with Crippen LogP contribution in [0, 0.1) is 30.8 Å². The van der Waals surface area contributed by atoms with Crippen LogP contribution in [0.4, 0.5) is 0 Å². The molecule has 0 unspecified atom stereocenters. The Balaban J connectivity index is 2.02. The fraction of sp³-hybridized carbons (Fsp3) is 0.190. The molecule has 0 spiro atoms. The predicted molar refractivity (Wildman–Crippen MR) is 99.5 cm³/mol. The van der Waals surface area contributed by atoms with Crippen molar-refractivity contribution in [1.29, 1.82) is 0 Å². The zero-order valence-electron chi connectivity index (χ0n) is 13.9. The Morgan fingerprint density at radius 3 is 1.78 bits per heavy atom. The van der Waals surface area contributed by atoms with Gasteiger partial charge in [-0.15, -0.1) is 0 Å². The van der Waals surface area contributed by atoms with Gasteiger partial charge in [-0.3, -0.25) is 0 Å². The lowest BCUT2D eigenvalue weighted by molar-refractivity contribution is 0.0415. The van der Waals surface area contributed by atoms with Crippen LogP contribution in [0.1, 0.15) is 13.8 Å². The van der Waals surface area contributed by atoms with Crippen molar-refractivity contribution >= 4 is 18.5 Å². The molecule has 0 saturated heterocycles. The Morgan fingerprint density at radius 2 is 1.30 bits per heavy atom. The molecule has 1 fully saturated rings. The van der Waals surface area contributed by atoms with Crippen molar-refractivity contribution in [2.75, 3.05) is 7.11 Å². The van der Waals surface area contributed by atoms with Crippen molar-refractivity contribution in [3.05, 3.63) is 91.5 Å². The average Bonchev–Trinajstić information content (AvgIpc) is 3.07. The standard InChI is InChI=1S/C21H22OP/c1-21(2,22-3)19-15-10-16-20(19)23(17-11-6-4-7-12-17)18-13-8-5-9-14-18/h4-16H,1-3H3. The van der Waals surface area contributed by atoms with Crippen LogP contribution in [-0.4, -0.2) is 12.7 Å². The Kier molecular flexibility index (Phi) is 5.19. The molecule has 1 aliphatic rings. The van der Waals surface area contributed by atoms with E-state index in [4.69, 9.17) is 4.74 Å². The highest BCUT2D eigenvalue weighted by Crippen LogP contribution is 2.59. The van der Waals surface area contributed by atoms with Gasteiger partial charge in [0, 0.05) is 18.7 Å². The highest BCUT2D eigenvalue weighted by atomic mass is 31.1. The van der Waals surface area contributed by atoms with Crippen LogP contribution in [0.15, 0.2) is 60.7 Å². The maximum absolute atomic E-state index is 5.75. The first-order valence-corrected chi connectivity index (χ1v) is 9.19. The van der Waals surface area contributed by atoms with E-state index in [0.29, 0.717) is 0 Å². The van der Waals surface area contributed by atoms with E-state index in [1.165, 1.54) is 22.2 Å². The van der Waals surface area contributed by atoms with Gasteiger partial charge in [-0.1, -0.05) is 60.7 Å². The Bertz CT molecular complexity index is 569. The Hall–Kier alpha value is -1.17. The molecule has 0 amide bonds. The minimum atomic E-state index is -0.580. The number of benzene rings is 2. The van der Waals surface area contributed by atoms with Gasteiger partial charge in [0.2, 0.25) is 0 Å². The fourth-order valence-corrected chi connectivity index (χ4v) is 5.42. The van der Waals surface area contributed by atoms with E-state index in [-0.39, 0.29) is 5.60 Å². The van der Waals surface area contributed by atoms with Gasteiger partial charge in [0.05, 0.1) is 5.60 Å². The maximum Gasteiger partial charge on any atom is 0.0697 e. The molecule has 0 atom stereocenters. The number of rotatable bonds is 5. The summed E-state index contributed by atoms with van der Waals surface area (Å²) in [5.74, 6) is 1.28. The van der Waals surface area contributed by atoms with Crippen LogP contribution >= 0.6 is 7.92 Å². The quantitative estimate of drug-likeness (QED) is 0.747. The average molecular weight is 321 g/mol. The second kappa shape index (κ2) is 7.16. The summed E-state index contributed by atoms with van der Waals surface area (Å²) in [5.41, 5.74) is 1.09. The first-order valence-electron chi connectivity index (χ1n) is 7.85. The first-order chi connectivity index (χ1) is 11.1. The molecule has 2 heteroatoms. The predicted octanol–water partition coefficient (Wildman–Crippen LogP) is 4.28. The van der Waals surface area contributed by atoms with Crippen LogP contribution in [0.5, 0.6) is 0 Å². The normalized spacial score (nSPS) is 17.0. The molecule has 2 aromatic rings. The van der Waals surface area contributed by atoms with E-state index < -0.39 is 7.92 Å². The van der Waals surface area contributed by atoms with E-state index in [9.17, 15) is 0 Å². The molecule has 3 rings (SSSR count). The zero-order chi connectivity index (χ0) is 16.3. The van der Waals surface area contributed by atoms with E-state index in [2.05, 4.69) is 93.8 Å². The van der Waals surface area contributed by atoms with Gasteiger partial charge in [-0.25, -0.2) is 0 Å². The number of hydrogen-bond acceptors (Lipinski definition) is 1. The molecule has 0 aromatic heterocycles. The Labute approximate surface area is 141 Å². The number of ether oxygens (including phenoxy) is 1. The van der Waals surface area contributed by atoms with Crippen LogP contribution in [0.3, 0.4) is 0 Å². The van der Waals surface area contributed by atoms with Gasteiger partial charge in [-0.05, 0) is 51.6 Å². The largest absolute Gasteiger partial charge is 0.378 e. The highest BCUT2D eigenvalue weighted by Gasteiger charge is 2.44. The van der Waals surface area contributed by atoms with Gasteiger partial charge in [0.1, 0.15) is 0 Å². The number of methoxy groups -OCH3 is 1. The van der Waals surface area contributed by atoms with Gasteiger partial charge >= 0.3 is 0 Å². The van der Waals surface area contributed by atoms with E-state index >= 15 is 0 Å². The minimum absolute atomic E-state index is 0.289. The topological polar surface area (TPSA) is 9.23 Å². The maximum atomic E-state index is 5.75. The van der Waals surface area contributed by atoms with Crippen LogP contribution in [0.2, 0.25) is 0 Å². The molecule has 0 N–H and O–H groups in total. The van der Waals surface area contributed by atoms with Crippen molar-refractivity contribution in [2.45, 2.75) is 19.4 Å². The molecular weight excluding hydrogens is 299 g/mol. The lowest BCUT2D eigenvalue weighted by Crippen LogP contribution is -2.35. The summed E-state index contributed by atoms with van der Waals surface area (Å²) < 4.78 is 5.75. The summed E-state index contributed by atoms with van der Waals surface area (Å²) in [4.78, 5) is 0. The molecule has 23 heavy (non-hydrogen) atoms. The summed E-state index contributed by atoms with van der Waals surface area (Å²) in [7, 11) is 1.20. The summed E-state index contributed by atoms with van der Waals surface area (Å²) in [6, 6.07) is 21.6. The third-order valence-electron chi connectivity index (χ3n) is 4.22. The van der Waals surface area contributed by atoms with Crippen LogP contribution < -0.4 is 10.6 Å². The lowest BCUT2D eigenvalue weighted by Gasteiger charge is -2.37. The second-order valence-corrected chi connectivity index (χ2v) is 8.23. The molecule has 1 saturated carbocycles. The summed E-state index contributed by atoms with van der Waals surface area (Å²) in [5, 5.41) is 2.74. The zero-order valence-corrected chi connectivity index (χ0v) is 14.8. The molecule has 1 nitrogen and oxygen atoms in total. The first kappa shape index (κ1) is 16.7. The van der Waals surface area contributed by atoms with Gasteiger partial charge in [0.15, 0.2) is 0 Å². The second-order valence-electron chi connectivity index (χ2n) is 6.05. The molecule has 0 aliphatic heterocycles. The van der Waals surface area contributed by atoms with Crippen molar-refractivity contribution in [3.8, 4) is 0 Å². The van der Waals surface area contributed by atoms with Crippen molar-refractivity contribution in [2.24, 2.45) is 0 Å². The summed E-state index contributed by atoms with van der Waals surface area (Å²) in [6.45, 7) is 4.27. The molecular formula is C21H22OP. The van der Waals surface area contributed by atoms with E-state index in [1.54, 1.807) is 7.11 Å². The van der Waals surface area contributed by atoms with Crippen molar-refractivity contribution < 1.29 is 4.74 Å². The molecule has 5 radical (unpaired) electrons. The van der Waals surface area contributed by atoms with Gasteiger partial charge in [0.25, 0.3) is 0 Å². The van der Waals surface area contributed by atoms with Gasteiger partial charge in [-0.2, -0.15) is 0 Å². The summed E-state index contributed by atoms with van der Waals surface area (Å²) in [6.07, 6.45) is 6.59. The Morgan fingerprint density at radius 1 is 0.783 bits per heavy atom. The van der Waals surface area contributed by atoms with E-state index in [0.717, 1.165) is 0 Å². The summed E-state index contributed by atoms with van der Waals surface area (Å²) >= 11 is 0. The monoisotopic (exact) mass is 321 g/mol. The molecule has 1 aliphatic carbocycles. The molecule has 0 bridgehead atoms. The van der Waals surface area contributed by atoms with Gasteiger partial charge < -0.3 is 4.74 Å². The SMILES string of the molecule is COC(C)(C)[C]1[CH][CH][CH][C]1P(c1ccccc1)c1ccccc1. The van der Waals surface area contributed by atoms with Crippen molar-refractivity contribution in [1.82, 2.24) is 0 Å². The fourth-order valence-electron chi connectivity index (χ4n) is 2.81. The van der Waals surface area contributed by atoms with Crippen LogP contribution in [-0.2, 0) is 4.74 Å². The molecule has 2 aromatic carbocycles. The molecule has 117 valence electrons. The third-order valence-corrected chi connectivity index (χ3v) is 6.72. The van der Waals surface area contributed by atoms with E-state index in [1.807, 2.05) is 0 Å². The molecule has 0 heterocycles.